The largest absolute Gasteiger partial charge is 0.508 e. The molecule has 4 nitrogen and oxygen atoms in total. The molecule has 0 spiro atoms. The highest BCUT2D eigenvalue weighted by Gasteiger charge is 2.31. The Morgan fingerprint density at radius 2 is 2.12 bits per heavy atom. The molecule has 4 N–H and O–H groups in total. The molecule has 1 heterocycles. The molecule has 0 saturated carbocycles. The molecule has 1 fully saturated rings. The molecule has 0 aromatic heterocycles. The normalized spacial score (nSPS) is 25.4. The highest BCUT2D eigenvalue weighted by molar-refractivity contribution is 5.49. The van der Waals surface area contributed by atoms with Crippen LogP contribution in [-0.4, -0.2) is 35.3 Å². The monoisotopic (exact) mass is 236 g/mol. The molecule has 1 saturated heterocycles. The lowest BCUT2D eigenvalue weighted by atomic mass is 9.97. The molecule has 1 aliphatic heterocycles. The molecule has 0 bridgehead atoms. The predicted molar refractivity (Wildman–Crippen MR) is 67.0 cm³/mol. The summed E-state index contributed by atoms with van der Waals surface area (Å²) in [5.41, 5.74) is 7.14. The van der Waals surface area contributed by atoms with Crippen molar-refractivity contribution in [2.45, 2.75) is 19.4 Å². The number of hydrogen-bond donors (Lipinski definition) is 3. The van der Waals surface area contributed by atoms with Gasteiger partial charge >= 0.3 is 0 Å². The fourth-order valence-corrected chi connectivity index (χ4v) is 2.62. The average Bonchev–Trinajstić information content (AvgIpc) is 2.68. The summed E-state index contributed by atoms with van der Waals surface area (Å²) in [4.78, 5) is 2.21. The van der Waals surface area contributed by atoms with Gasteiger partial charge in [0.25, 0.3) is 0 Å². The van der Waals surface area contributed by atoms with Gasteiger partial charge in [-0.3, -0.25) is 4.90 Å². The van der Waals surface area contributed by atoms with Crippen LogP contribution in [0.25, 0.3) is 0 Å². The Morgan fingerprint density at radius 3 is 2.71 bits per heavy atom. The van der Waals surface area contributed by atoms with Crippen LogP contribution < -0.4 is 5.73 Å². The summed E-state index contributed by atoms with van der Waals surface area (Å²) in [5, 5.41) is 19.6. The molecule has 0 radical (unpaired) electrons. The van der Waals surface area contributed by atoms with E-state index in [0.717, 1.165) is 18.5 Å². The maximum atomic E-state index is 10.1. The van der Waals surface area contributed by atoms with Crippen LogP contribution in [-0.2, 0) is 0 Å². The van der Waals surface area contributed by atoms with E-state index in [1.165, 1.54) is 0 Å². The second kappa shape index (κ2) is 4.55. The van der Waals surface area contributed by atoms with Crippen LogP contribution in [0, 0.1) is 12.8 Å². The van der Waals surface area contributed by atoms with Crippen LogP contribution in [0.5, 0.6) is 11.5 Å². The number of phenols is 2. The smallest absolute Gasteiger partial charge is 0.126 e. The Bertz CT molecular complexity index is 420. The first kappa shape index (κ1) is 12.2. The van der Waals surface area contributed by atoms with Gasteiger partial charge in [-0.15, -0.1) is 0 Å². The van der Waals surface area contributed by atoms with E-state index in [1.54, 1.807) is 19.1 Å². The Balaban J connectivity index is 2.32. The van der Waals surface area contributed by atoms with Gasteiger partial charge in [-0.05, 0) is 38.9 Å². The predicted octanol–water partition coefficient (Wildman–Crippen LogP) is 1.36. The van der Waals surface area contributed by atoms with Gasteiger partial charge < -0.3 is 15.9 Å². The number of likely N-dealkylation sites (tertiary alicyclic amines) is 1. The third-order valence-corrected chi connectivity index (χ3v) is 3.76. The Morgan fingerprint density at radius 1 is 1.41 bits per heavy atom. The number of nitrogens with two attached hydrogens (primary N) is 1. The molecule has 1 aromatic carbocycles. The summed E-state index contributed by atoms with van der Waals surface area (Å²) in [5.74, 6) is 0.834. The van der Waals surface area contributed by atoms with Crippen molar-refractivity contribution in [2.24, 2.45) is 11.7 Å². The molecule has 4 heteroatoms. The summed E-state index contributed by atoms with van der Waals surface area (Å²) < 4.78 is 0. The van der Waals surface area contributed by atoms with Crippen molar-refractivity contribution in [2.75, 3.05) is 20.1 Å². The minimum Gasteiger partial charge on any atom is -0.508 e. The van der Waals surface area contributed by atoms with E-state index in [-0.39, 0.29) is 17.5 Å². The number of aromatic hydroxyl groups is 2. The molecule has 2 unspecified atom stereocenters. The van der Waals surface area contributed by atoms with Gasteiger partial charge in [-0.25, -0.2) is 0 Å². The standard InChI is InChI=1S/C13H20N2O2/c1-8-12(16)4-3-10(13(8)17)11-5-9(6-14)7-15(11)2/h3-4,9,11,16-17H,5-7,14H2,1-2H3. The van der Waals surface area contributed by atoms with Crippen molar-refractivity contribution in [3.63, 3.8) is 0 Å². The molecule has 0 aliphatic carbocycles. The SMILES string of the molecule is Cc1c(O)ccc(C2CC(CN)CN2C)c1O. The summed E-state index contributed by atoms with van der Waals surface area (Å²) in [6, 6.07) is 3.65. The van der Waals surface area contributed by atoms with Crippen molar-refractivity contribution in [1.82, 2.24) is 4.90 Å². The summed E-state index contributed by atoms with van der Waals surface area (Å²) in [6.07, 6.45) is 0.963. The van der Waals surface area contributed by atoms with E-state index in [0.29, 0.717) is 18.0 Å². The molecule has 0 amide bonds. The fourth-order valence-electron chi connectivity index (χ4n) is 2.62. The first-order valence-corrected chi connectivity index (χ1v) is 5.96. The topological polar surface area (TPSA) is 69.7 Å². The molecule has 2 atom stereocenters. The lowest BCUT2D eigenvalue weighted by Crippen LogP contribution is -2.20. The first-order chi connectivity index (χ1) is 8.04. The maximum Gasteiger partial charge on any atom is 0.126 e. The van der Waals surface area contributed by atoms with Gasteiger partial charge in [0.05, 0.1) is 0 Å². The maximum absolute atomic E-state index is 10.1. The Labute approximate surface area is 102 Å². The van der Waals surface area contributed by atoms with Gasteiger partial charge in [-0.1, -0.05) is 6.07 Å². The number of hydrogen-bond acceptors (Lipinski definition) is 4. The second-order valence-corrected chi connectivity index (χ2v) is 4.94. The summed E-state index contributed by atoms with van der Waals surface area (Å²) in [6.45, 7) is 3.36. The molecule has 1 aliphatic rings. The Hall–Kier alpha value is -1.26. The van der Waals surface area contributed by atoms with Crippen LogP contribution >= 0.6 is 0 Å². The van der Waals surface area contributed by atoms with Crippen molar-refractivity contribution in [3.8, 4) is 11.5 Å². The van der Waals surface area contributed by atoms with E-state index in [9.17, 15) is 10.2 Å². The van der Waals surface area contributed by atoms with Crippen molar-refractivity contribution < 1.29 is 10.2 Å². The van der Waals surface area contributed by atoms with Crippen molar-refractivity contribution >= 4 is 0 Å². The van der Waals surface area contributed by atoms with E-state index in [4.69, 9.17) is 5.73 Å². The van der Waals surface area contributed by atoms with Crippen LogP contribution in [0.15, 0.2) is 12.1 Å². The molecular weight excluding hydrogens is 216 g/mol. The van der Waals surface area contributed by atoms with E-state index in [2.05, 4.69) is 4.90 Å². The second-order valence-electron chi connectivity index (χ2n) is 4.94. The number of phenolic OH excluding ortho intramolecular Hbond substituents is 2. The minimum absolute atomic E-state index is 0.141. The van der Waals surface area contributed by atoms with Crippen molar-refractivity contribution in [1.29, 1.82) is 0 Å². The van der Waals surface area contributed by atoms with Crippen LogP contribution in [0.2, 0.25) is 0 Å². The third kappa shape index (κ3) is 2.10. The average molecular weight is 236 g/mol. The van der Waals surface area contributed by atoms with Crippen molar-refractivity contribution in [3.05, 3.63) is 23.3 Å². The van der Waals surface area contributed by atoms with Gasteiger partial charge in [0.15, 0.2) is 0 Å². The quantitative estimate of drug-likeness (QED) is 0.725. The van der Waals surface area contributed by atoms with Gasteiger partial charge in [-0.2, -0.15) is 0 Å². The van der Waals surface area contributed by atoms with E-state index in [1.807, 2.05) is 7.05 Å². The van der Waals surface area contributed by atoms with E-state index < -0.39 is 0 Å². The lowest BCUT2D eigenvalue weighted by Gasteiger charge is -2.21. The summed E-state index contributed by atoms with van der Waals surface area (Å²) in [7, 11) is 2.04. The fraction of sp³-hybridized carbons (Fsp3) is 0.538. The van der Waals surface area contributed by atoms with E-state index >= 15 is 0 Å². The molecule has 17 heavy (non-hydrogen) atoms. The van der Waals surface area contributed by atoms with Crippen LogP contribution in [0.3, 0.4) is 0 Å². The zero-order valence-electron chi connectivity index (χ0n) is 10.3. The minimum atomic E-state index is 0.141. The molecule has 94 valence electrons. The highest BCUT2D eigenvalue weighted by atomic mass is 16.3. The Kier molecular flexibility index (Phi) is 3.26. The first-order valence-electron chi connectivity index (χ1n) is 5.96. The number of nitrogens with zero attached hydrogens (tertiary/aromatic N) is 1. The number of benzene rings is 1. The zero-order chi connectivity index (χ0) is 12.6. The molecular formula is C13H20N2O2. The molecule has 2 rings (SSSR count). The van der Waals surface area contributed by atoms with Crippen LogP contribution in [0.4, 0.5) is 0 Å². The summed E-state index contributed by atoms with van der Waals surface area (Å²) >= 11 is 0. The molecule has 1 aromatic rings. The number of rotatable bonds is 2. The van der Waals surface area contributed by atoms with Gasteiger partial charge in [0.1, 0.15) is 11.5 Å². The lowest BCUT2D eigenvalue weighted by molar-refractivity contribution is 0.304. The van der Waals surface area contributed by atoms with Gasteiger partial charge in [0, 0.05) is 23.7 Å². The highest BCUT2D eigenvalue weighted by Crippen LogP contribution is 2.41. The zero-order valence-corrected chi connectivity index (χ0v) is 10.3. The van der Waals surface area contributed by atoms with Crippen LogP contribution in [0.1, 0.15) is 23.6 Å². The third-order valence-electron chi connectivity index (χ3n) is 3.76. The van der Waals surface area contributed by atoms with Gasteiger partial charge in [0.2, 0.25) is 0 Å².